The van der Waals surface area contributed by atoms with Crippen molar-refractivity contribution < 1.29 is 4.79 Å². The first-order valence-electron chi connectivity index (χ1n) is 6.07. The number of anilines is 3. The Morgan fingerprint density at radius 3 is 2.37 bits per heavy atom. The number of benzene rings is 2. The summed E-state index contributed by atoms with van der Waals surface area (Å²) in [6.07, 6.45) is 0. The summed E-state index contributed by atoms with van der Waals surface area (Å²) in [5.41, 5.74) is 8.03. The average Bonchev–Trinajstić information content (AvgIpc) is 2.42. The van der Waals surface area contributed by atoms with E-state index in [4.69, 9.17) is 5.73 Å². The van der Waals surface area contributed by atoms with Crippen LogP contribution in [0.5, 0.6) is 0 Å². The highest BCUT2D eigenvalue weighted by Crippen LogP contribution is 2.12. The Morgan fingerprint density at radius 2 is 1.74 bits per heavy atom. The van der Waals surface area contributed by atoms with Crippen LogP contribution in [-0.2, 0) is 4.79 Å². The molecule has 0 fully saturated rings. The molecule has 0 atom stereocenters. The number of carbonyl (C=O) groups excluding carboxylic acids is 1. The third-order valence-corrected chi connectivity index (χ3v) is 2.77. The minimum atomic E-state index is -0.0591. The monoisotopic (exact) mass is 255 g/mol. The van der Waals surface area contributed by atoms with Crippen LogP contribution in [0.15, 0.2) is 54.6 Å². The molecule has 0 radical (unpaired) electrons. The predicted octanol–water partition coefficient (Wildman–Crippen LogP) is 2.34. The molecule has 0 aliphatic carbocycles. The van der Waals surface area contributed by atoms with Gasteiger partial charge >= 0.3 is 0 Å². The molecule has 2 rings (SSSR count). The van der Waals surface area contributed by atoms with Crippen molar-refractivity contribution in [3.63, 3.8) is 0 Å². The third kappa shape index (κ3) is 3.74. The van der Waals surface area contributed by atoms with Crippen LogP contribution < -0.4 is 16.0 Å². The molecular formula is C15H17N3O. The minimum absolute atomic E-state index is 0.0591. The third-order valence-electron chi connectivity index (χ3n) is 2.77. The van der Waals surface area contributed by atoms with Crippen molar-refractivity contribution in [1.29, 1.82) is 0 Å². The van der Waals surface area contributed by atoms with Gasteiger partial charge in [-0.25, -0.2) is 0 Å². The summed E-state index contributed by atoms with van der Waals surface area (Å²) in [6.45, 7) is 0.300. The minimum Gasteiger partial charge on any atom is -0.399 e. The summed E-state index contributed by atoms with van der Waals surface area (Å²) in [4.78, 5) is 13.8. The van der Waals surface area contributed by atoms with E-state index in [0.717, 1.165) is 11.4 Å². The van der Waals surface area contributed by atoms with Crippen LogP contribution in [0.1, 0.15) is 0 Å². The summed E-state index contributed by atoms with van der Waals surface area (Å²) >= 11 is 0. The normalized spacial score (nSPS) is 9.95. The molecule has 0 bridgehead atoms. The lowest BCUT2D eigenvalue weighted by Gasteiger charge is -2.18. The lowest BCUT2D eigenvalue weighted by Crippen LogP contribution is -2.29. The number of amides is 1. The van der Waals surface area contributed by atoms with E-state index >= 15 is 0 Å². The van der Waals surface area contributed by atoms with Crippen molar-refractivity contribution in [1.82, 2.24) is 0 Å². The lowest BCUT2D eigenvalue weighted by atomic mass is 10.2. The summed E-state index contributed by atoms with van der Waals surface area (Å²) in [5.74, 6) is -0.0591. The molecule has 0 aromatic heterocycles. The van der Waals surface area contributed by atoms with Crippen molar-refractivity contribution in [2.75, 3.05) is 29.5 Å². The molecule has 0 saturated carbocycles. The summed E-state index contributed by atoms with van der Waals surface area (Å²) in [5, 5.41) is 2.83. The van der Waals surface area contributed by atoms with Crippen molar-refractivity contribution in [2.45, 2.75) is 0 Å². The van der Waals surface area contributed by atoms with Gasteiger partial charge in [0.05, 0.1) is 6.54 Å². The van der Waals surface area contributed by atoms with Crippen molar-refractivity contribution in [3.8, 4) is 0 Å². The molecule has 0 heterocycles. The van der Waals surface area contributed by atoms with Crippen LogP contribution in [0.3, 0.4) is 0 Å². The molecule has 0 saturated heterocycles. The van der Waals surface area contributed by atoms with Gasteiger partial charge in [-0.2, -0.15) is 0 Å². The summed E-state index contributed by atoms with van der Waals surface area (Å²) in [6, 6.07) is 16.9. The molecule has 1 amide bonds. The van der Waals surface area contributed by atoms with E-state index in [0.29, 0.717) is 12.2 Å². The Labute approximate surface area is 112 Å². The Bertz CT molecular complexity index is 537. The van der Waals surface area contributed by atoms with Crippen LogP contribution >= 0.6 is 0 Å². The predicted molar refractivity (Wildman–Crippen MR) is 79.2 cm³/mol. The average molecular weight is 255 g/mol. The second kappa shape index (κ2) is 5.91. The van der Waals surface area contributed by atoms with Gasteiger partial charge in [0.2, 0.25) is 5.91 Å². The highest BCUT2D eigenvalue weighted by atomic mass is 16.2. The zero-order valence-corrected chi connectivity index (χ0v) is 10.8. The molecule has 2 aromatic rings. The second-order valence-electron chi connectivity index (χ2n) is 4.36. The number of para-hydroxylation sites is 1. The van der Waals surface area contributed by atoms with Gasteiger partial charge in [0.25, 0.3) is 0 Å². The molecule has 98 valence electrons. The SMILES string of the molecule is CN(CC(=O)Nc1ccc(N)cc1)c1ccccc1. The number of likely N-dealkylation sites (N-methyl/N-ethyl adjacent to an activating group) is 1. The van der Waals surface area contributed by atoms with E-state index in [1.54, 1.807) is 24.3 Å². The second-order valence-corrected chi connectivity index (χ2v) is 4.36. The zero-order chi connectivity index (χ0) is 13.7. The first-order valence-corrected chi connectivity index (χ1v) is 6.07. The van der Waals surface area contributed by atoms with Crippen molar-refractivity contribution in [3.05, 3.63) is 54.6 Å². The maximum Gasteiger partial charge on any atom is 0.243 e. The van der Waals surface area contributed by atoms with E-state index in [-0.39, 0.29) is 5.91 Å². The summed E-state index contributed by atoms with van der Waals surface area (Å²) in [7, 11) is 1.89. The Morgan fingerprint density at radius 1 is 1.11 bits per heavy atom. The number of carbonyl (C=O) groups is 1. The number of nitrogens with zero attached hydrogens (tertiary/aromatic N) is 1. The fourth-order valence-electron chi connectivity index (χ4n) is 1.76. The van der Waals surface area contributed by atoms with Gasteiger partial charge in [0.15, 0.2) is 0 Å². The van der Waals surface area contributed by atoms with Gasteiger partial charge in [-0.05, 0) is 36.4 Å². The smallest absolute Gasteiger partial charge is 0.243 e. The molecule has 0 aliphatic heterocycles. The molecule has 0 aliphatic rings. The zero-order valence-electron chi connectivity index (χ0n) is 10.8. The Kier molecular flexibility index (Phi) is 4.03. The maximum atomic E-state index is 11.9. The van der Waals surface area contributed by atoms with E-state index in [2.05, 4.69) is 5.32 Å². The molecule has 4 nitrogen and oxygen atoms in total. The van der Waals surface area contributed by atoms with Gasteiger partial charge in [-0.15, -0.1) is 0 Å². The maximum absolute atomic E-state index is 11.9. The molecule has 19 heavy (non-hydrogen) atoms. The van der Waals surface area contributed by atoms with Gasteiger partial charge < -0.3 is 16.0 Å². The number of hydrogen-bond donors (Lipinski definition) is 2. The molecule has 2 aromatic carbocycles. The number of nitrogens with one attached hydrogen (secondary N) is 1. The first kappa shape index (κ1) is 13.0. The first-order chi connectivity index (χ1) is 9.15. The molecule has 0 spiro atoms. The van der Waals surface area contributed by atoms with Crippen LogP contribution in [0.4, 0.5) is 17.1 Å². The number of rotatable bonds is 4. The quantitative estimate of drug-likeness (QED) is 0.824. The van der Waals surface area contributed by atoms with Gasteiger partial charge in [-0.3, -0.25) is 4.79 Å². The molecular weight excluding hydrogens is 238 g/mol. The van der Waals surface area contributed by atoms with Crippen molar-refractivity contribution in [2.24, 2.45) is 0 Å². The Hall–Kier alpha value is -2.49. The standard InChI is InChI=1S/C15H17N3O/c1-18(14-5-3-2-4-6-14)11-15(19)17-13-9-7-12(16)8-10-13/h2-10H,11,16H2,1H3,(H,17,19). The topological polar surface area (TPSA) is 58.4 Å². The number of nitrogen functional groups attached to an aromatic ring is 1. The van der Waals surface area contributed by atoms with Crippen LogP contribution in [0.2, 0.25) is 0 Å². The lowest BCUT2D eigenvalue weighted by molar-refractivity contribution is -0.114. The fourth-order valence-corrected chi connectivity index (χ4v) is 1.76. The van der Waals surface area contributed by atoms with E-state index in [1.807, 2.05) is 42.3 Å². The van der Waals surface area contributed by atoms with Crippen LogP contribution in [0.25, 0.3) is 0 Å². The van der Waals surface area contributed by atoms with Gasteiger partial charge in [-0.1, -0.05) is 18.2 Å². The van der Waals surface area contributed by atoms with E-state index in [1.165, 1.54) is 0 Å². The van der Waals surface area contributed by atoms with Crippen LogP contribution in [0, 0.1) is 0 Å². The van der Waals surface area contributed by atoms with E-state index in [9.17, 15) is 4.79 Å². The molecule has 3 N–H and O–H groups in total. The molecule has 4 heteroatoms. The molecule has 0 unspecified atom stereocenters. The number of hydrogen-bond acceptors (Lipinski definition) is 3. The van der Waals surface area contributed by atoms with Gasteiger partial charge in [0.1, 0.15) is 0 Å². The van der Waals surface area contributed by atoms with E-state index < -0.39 is 0 Å². The number of nitrogens with two attached hydrogens (primary N) is 1. The highest BCUT2D eigenvalue weighted by Gasteiger charge is 2.07. The Balaban J connectivity index is 1.93. The van der Waals surface area contributed by atoms with Crippen LogP contribution in [-0.4, -0.2) is 19.5 Å². The van der Waals surface area contributed by atoms with Crippen molar-refractivity contribution >= 4 is 23.0 Å². The van der Waals surface area contributed by atoms with Gasteiger partial charge in [0, 0.05) is 24.1 Å². The summed E-state index contributed by atoms with van der Waals surface area (Å²) < 4.78 is 0. The largest absolute Gasteiger partial charge is 0.399 e. The highest BCUT2D eigenvalue weighted by molar-refractivity contribution is 5.94. The fraction of sp³-hybridized carbons (Fsp3) is 0.133.